The van der Waals surface area contributed by atoms with Crippen molar-refractivity contribution in [1.82, 2.24) is 0 Å². The van der Waals surface area contributed by atoms with Crippen molar-refractivity contribution in [2.24, 2.45) is 0 Å². The van der Waals surface area contributed by atoms with Gasteiger partial charge in [0.25, 0.3) is 0 Å². The van der Waals surface area contributed by atoms with Crippen LogP contribution in [0.4, 0.5) is 0 Å². The molecule has 0 aromatic carbocycles. The molecule has 0 aliphatic heterocycles. The Morgan fingerprint density at radius 2 is 0.714 bits per heavy atom. The second-order valence-electron chi connectivity index (χ2n) is 0.429. The summed E-state index contributed by atoms with van der Waals surface area (Å²) in [5, 5.41) is 0. The molecule has 0 saturated carbocycles. The Labute approximate surface area is 85.2 Å². The molecule has 0 fully saturated rings. The second-order valence-corrected chi connectivity index (χ2v) is 129. The summed E-state index contributed by atoms with van der Waals surface area (Å²) in [5.74, 6) is 0. The molecule has 2 nitrogen and oxygen atoms in total. The van der Waals surface area contributed by atoms with E-state index < -0.39 is 2.50 Å². The molecule has 0 heterocycles. The maximum absolute atomic E-state index is 2.55. The molecule has 0 atom stereocenters. The molecule has 0 aromatic heterocycles. The fourth-order valence-electron chi connectivity index (χ4n) is 0. The monoisotopic (exact) mass is 664 g/mol. The number of rotatable bonds is 0. The van der Waals surface area contributed by atoms with Crippen LogP contribution in [0.3, 0.4) is 0 Å². The van der Waals surface area contributed by atoms with E-state index in [9.17, 15) is 0 Å². The Hall–Kier alpha value is 3.64. The average molecular weight is 662 g/mol. The standard InChI is InChI=1S/4HI.2H2O.Sn/h4*1H;2*1H2;/q;;;;;;+4/p-4. The first-order valence-corrected chi connectivity index (χ1v) is 34.0. The zero-order valence-corrected chi connectivity index (χ0v) is 14.5. The van der Waals surface area contributed by atoms with Crippen LogP contribution >= 0.6 is 74.5 Å². The van der Waals surface area contributed by atoms with Gasteiger partial charge in [-0.1, -0.05) is 0 Å². The Bertz CT molecular complexity index is 25.2. The van der Waals surface area contributed by atoms with E-state index in [1.165, 1.54) is 0 Å². The molecular formula is H4I4O2Sn. The summed E-state index contributed by atoms with van der Waals surface area (Å²) in [7, 11) is 0. The molecule has 0 spiro atoms. The third kappa shape index (κ3) is 42.5. The SMILES string of the molecule is O.O.[I][Sn]([I])([I])[I]. The topological polar surface area (TPSA) is 63.0 Å². The fourth-order valence-corrected chi connectivity index (χ4v) is 0. The Morgan fingerprint density at radius 3 is 0.714 bits per heavy atom. The molecule has 0 radical (unpaired) electrons. The zero-order chi connectivity index (χ0) is 4.50. The number of hydrogen-bond donors (Lipinski definition) is 0. The molecule has 7 heteroatoms. The van der Waals surface area contributed by atoms with E-state index in [1.807, 2.05) is 0 Å². The van der Waals surface area contributed by atoms with Gasteiger partial charge in [0.1, 0.15) is 0 Å². The molecule has 0 unspecified atom stereocenters. The van der Waals surface area contributed by atoms with Crippen LogP contribution in [-0.4, -0.2) is 13.5 Å². The third-order valence-electron chi connectivity index (χ3n) is 0. The van der Waals surface area contributed by atoms with Crippen molar-refractivity contribution >= 4 is 77.0 Å². The van der Waals surface area contributed by atoms with Crippen LogP contribution in [0.1, 0.15) is 0 Å². The summed E-state index contributed by atoms with van der Waals surface area (Å²) in [4.78, 5) is 0. The van der Waals surface area contributed by atoms with Crippen molar-refractivity contribution < 1.29 is 11.0 Å². The first-order chi connectivity index (χ1) is 2.00. The molecule has 0 aromatic rings. The van der Waals surface area contributed by atoms with Gasteiger partial charge in [0.05, 0.1) is 0 Å². The average Bonchev–Trinajstić information content (AvgIpc) is 0.722. The fraction of sp³-hybridized carbons (Fsp3) is 0. The molecule has 7 heavy (non-hydrogen) atoms. The van der Waals surface area contributed by atoms with Crippen molar-refractivity contribution in [1.29, 1.82) is 0 Å². The van der Waals surface area contributed by atoms with Gasteiger partial charge in [0.15, 0.2) is 0 Å². The molecule has 0 saturated heterocycles. The summed E-state index contributed by atoms with van der Waals surface area (Å²) in [5.41, 5.74) is 0. The first kappa shape index (κ1) is 16.9. The van der Waals surface area contributed by atoms with Gasteiger partial charge in [-0.3, -0.25) is 0 Å². The molecule has 0 aliphatic carbocycles. The van der Waals surface area contributed by atoms with E-state index in [0.717, 1.165) is 0 Å². The van der Waals surface area contributed by atoms with Crippen molar-refractivity contribution in [3.63, 3.8) is 0 Å². The molecule has 48 valence electrons. The summed E-state index contributed by atoms with van der Waals surface area (Å²) < 4.78 is -1.30. The van der Waals surface area contributed by atoms with Gasteiger partial charge in [-0.05, 0) is 0 Å². The van der Waals surface area contributed by atoms with Crippen LogP contribution in [0.2, 0.25) is 0 Å². The van der Waals surface area contributed by atoms with Crippen LogP contribution in [0.15, 0.2) is 0 Å². The summed E-state index contributed by atoms with van der Waals surface area (Å²) in [6, 6.07) is 0. The van der Waals surface area contributed by atoms with Gasteiger partial charge in [-0.25, -0.2) is 0 Å². The first-order valence-electron chi connectivity index (χ1n) is 0.756. The normalized spacial score (nSPS) is 8.57. The van der Waals surface area contributed by atoms with Gasteiger partial charge in [0.2, 0.25) is 0 Å². The van der Waals surface area contributed by atoms with Crippen molar-refractivity contribution in [2.45, 2.75) is 0 Å². The molecule has 0 bridgehead atoms. The van der Waals surface area contributed by atoms with E-state index in [-0.39, 0.29) is 11.0 Å². The van der Waals surface area contributed by atoms with Crippen LogP contribution < -0.4 is 0 Å². The maximum atomic E-state index is 2.55. The van der Waals surface area contributed by atoms with E-state index in [4.69, 9.17) is 0 Å². The van der Waals surface area contributed by atoms with E-state index in [2.05, 4.69) is 74.5 Å². The Morgan fingerprint density at radius 1 is 0.714 bits per heavy atom. The number of hydrogen-bond acceptors (Lipinski definition) is 0. The summed E-state index contributed by atoms with van der Waals surface area (Å²) in [6.45, 7) is 0. The Balaban J connectivity index is -0.0000000800. The number of halogens is 4. The molecule has 0 aliphatic rings. The predicted molar refractivity (Wildman–Crippen MR) is 69.1 cm³/mol. The van der Waals surface area contributed by atoms with E-state index >= 15 is 0 Å². The van der Waals surface area contributed by atoms with Crippen molar-refractivity contribution in [2.75, 3.05) is 0 Å². The van der Waals surface area contributed by atoms with Gasteiger partial charge >= 0.3 is 77.0 Å². The summed E-state index contributed by atoms with van der Waals surface area (Å²) in [6.07, 6.45) is 0. The Kier molecular flexibility index (Phi) is 18.7. The zero-order valence-electron chi connectivity index (χ0n) is 3.01. The van der Waals surface area contributed by atoms with Gasteiger partial charge < -0.3 is 11.0 Å². The van der Waals surface area contributed by atoms with Crippen LogP contribution in [0, 0.1) is 0 Å². The van der Waals surface area contributed by atoms with Crippen LogP contribution in [0.25, 0.3) is 0 Å². The third-order valence-corrected chi connectivity index (χ3v) is 0. The van der Waals surface area contributed by atoms with Crippen molar-refractivity contribution in [3.8, 4) is 0 Å². The second kappa shape index (κ2) is 7.74. The van der Waals surface area contributed by atoms with Gasteiger partial charge in [-0.15, -0.1) is 0 Å². The van der Waals surface area contributed by atoms with Crippen molar-refractivity contribution in [3.05, 3.63) is 0 Å². The van der Waals surface area contributed by atoms with E-state index in [0.29, 0.717) is 0 Å². The minimum atomic E-state index is -1.30. The van der Waals surface area contributed by atoms with Crippen LogP contribution in [-0.2, 0) is 0 Å². The molecule has 0 amide bonds. The summed E-state index contributed by atoms with van der Waals surface area (Å²) >= 11 is 10.2. The predicted octanol–water partition coefficient (Wildman–Crippen LogP) is 1.51. The minimum absolute atomic E-state index is 0. The molecule has 0 rings (SSSR count). The van der Waals surface area contributed by atoms with Gasteiger partial charge in [0, 0.05) is 0 Å². The molecule has 4 N–H and O–H groups in total. The molecular weight excluding hydrogens is 658 g/mol. The van der Waals surface area contributed by atoms with Crippen LogP contribution in [0.5, 0.6) is 0 Å². The quantitative estimate of drug-likeness (QED) is 0.279. The van der Waals surface area contributed by atoms with Gasteiger partial charge in [-0.2, -0.15) is 0 Å². The van der Waals surface area contributed by atoms with E-state index in [1.54, 1.807) is 0 Å².